The van der Waals surface area contributed by atoms with Crippen molar-refractivity contribution in [2.75, 3.05) is 6.54 Å². The molecule has 1 aromatic rings. The Kier molecular flexibility index (Phi) is 4.06. The van der Waals surface area contributed by atoms with Crippen LogP contribution in [0.2, 0.25) is 0 Å². The van der Waals surface area contributed by atoms with E-state index in [1.807, 2.05) is 31.2 Å². The topological polar surface area (TPSA) is 29.1 Å². The van der Waals surface area contributed by atoms with Crippen molar-refractivity contribution in [2.24, 2.45) is 5.92 Å². The summed E-state index contributed by atoms with van der Waals surface area (Å²) in [6.07, 6.45) is 3.38. The van der Waals surface area contributed by atoms with E-state index in [0.717, 1.165) is 24.0 Å². The number of aryl methyl sites for hydroxylation is 1. The average molecular weight is 252 g/mol. The van der Waals surface area contributed by atoms with E-state index in [0.29, 0.717) is 12.5 Å². The lowest BCUT2D eigenvalue weighted by Crippen LogP contribution is -2.31. The fourth-order valence-electron chi connectivity index (χ4n) is 2.33. The molecule has 0 heterocycles. The van der Waals surface area contributed by atoms with Crippen LogP contribution >= 0.6 is 11.6 Å². The van der Waals surface area contributed by atoms with Gasteiger partial charge in [0.2, 0.25) is 0 Å². The summed E-state index contributed by atoms with van der Waals surface area (Å²) in [5, 5.41) is 3.20. The van der Waals surface area contributed by atoms with Gasteiger partial charge in [0.05, 0.1) is 0 Å². The molecule has 2 atom stereocenters. The van der Waals surface area contributed by atoms with Gasteiger partial charge in [0, 0.05) is 17.5 Å². The van der Waals surface area contributed by atoms with Gasteiger partial charge in [-0.1, -0.05) is 24.1 Å². The van der Waals surface area contributed by atoms with Gasteiger partial charge in [0.15, 0.2) is 0 Å². The minimum absolute atomic E-state index is 0.00414. The maximum absolute atomic E-state index is 11.9. The fourth-order valence-corrected chi connectivity index (χ4v) is 2.70. The van der Waals surface area contributed by atoms with E-state index in [2.05, 4.69) is 5.32 Å². The van der Waals surface area contributed by atoms with Gasteiger partial charge in [-0.15, -0.1) is 11.6 Å². The minimum Gasteiger partial charge on any atom is -0.352 e. The standard InChI is InChI=1S/C14H18ClNO/c1-10-4-2-5-11(8-10)14(17)16-9-12-6-3-7-13(12)15/h2,4-5,8,12-13H,3,6-7,9H2,1H3,(H,16,17). The summed E-state index contributed by atoms with van der Waals surface area (Å²) in [6, 6.07) is 7.64. The van der Waals surface area contributed by atoms with Crippen molar-refractivity contribution >= 4 is 17.5 Å². The van der Waals surface area contributed by atoms with E-state index >= 15 is 0 Å². The third-order valence-corrected chi connectivity index (χ3v) is 3.95. The van der Waals surface area contributed by atoms with Gasteiger partial charge in [-0.25, -0.2) is 0 Å². The Morgan fingerprint density at radius 3 is 2.94 bits per heavy atom. The molecule has 92 valence electrons. The number of carbonyl (C=O) groups excluding carboxylic acids is 1. The van der Waals surface area contributed by atoms with Crippen LogP contribution in [-0.4, -0.2) is 17.8 Å². The number of benzene rings is 1. The molecule has 17 heavy (non-hydrogen) atoms. The monoisotopic (exact) mass is 251 g/mol. The Hall–Kier alpha value is -1.02. The lowest BCUT2D eigenvalue weighted by Gasteiger charge is -2.14. The molecule has 2 nitrogen and oxygen atoms in total. The molecule has 1 aliphatic rings. The van der Waals surface area contributed by atoms with E-state index in [-0.39, 0.29) is 11.3 Å². The molecule has 3 heteroatoms. The highest BCUT2D eigenvalue weighted by Gasteiger charge is 2.25. The molecule has 1 saturated carbocycles. The molecule has 0 aromatic heterocycles. The lowest BCUT2D eigenvalue weighted by molar-refractivity contribution is 0.0947. The quantitative estimate of drug-likeness (QED) is 0.822. The van der Waals surface area contributed by atoms with Crippen LogP contribution < -0.4 is 5.32 Å². The van der Waals surface area contributed by atoms with Crippen molar-refractivity contribution in [3.63, 3.8) is 0 Å². The van der Waals surface area contributed by atoms with Crippen LogP contribution in [0.3, 0.4) is 0 Å². The number of carbonyl (C=O) groups is 1. The summed E-state index contributed by atoms with van der Waals surface area (Å²) in [5.74, 6) is 0.440. The van der Waals surface area contributed by atoms with Crippen molar-refractivity contribution < 1.29 is 4.79 Å². The molecule has 0 radical (unpaired) electrons. The summed E-state index contributed by atoms with van der Waals surface area (Å²) < 4.78 is 0. The SMILES string of the molecule is Cc1cccc(C(=O)NCC2CCCC2Cl)c1. The van der Waals surface area contributed by atoms with Crippen molar-refractivity contribution in [1.29, 1.82) is 0 Å². The van der Waals surface area contributed by atoms with Gasteiger partial charge in [-0.05, 0) is 37.8 Å². The van der Waals surface area contributed by atoms with Gasteiger partial charge >= 0.3 is 0 Å². The highest BCUT2D eigenvalue weighted by molar-refractivity contribution is 6.21. The maximum atomic E-state index is 11.9. The van der Waals surface area contributed by atoms with Gasteiger partial charge in [-0.2, -0.15) is 0 Å². The molecule has 0 spiro atoms. The summed E-state index contributed by atoms with van der Waals surface area (Å²) in [5.41, 5.74) is 1.84. The zero-order valence-corrected chi connectivity index (χ0v) is 10.8. The van der Waals surface area contributed by atoms with Crippen LogP contribution in [0.25, 0.3) is 0 Å². The average Bonchev–Trinajstić information content (AvgIpc) is 2.72. The first-order chi connectivity index (χ1) is 8.16. The minimum atomic E-state index is 0.00414. The van der Waals surface area contributed by atoms with Gasteiger partial charge < -0.3 is 5.32 Å². The Morgan fingerprint density at radius 2 is 2.29 bits per heavy atom. The third-order valence-electron chi connectivity index (χ3n) is 3.37. The van der Waals surface area contributed by atoms with Gasteiger partial charge in [0.25, 0.3) is 5.91 Å². The Balaban J connectivity index is 1.89. The first-order valence-electron chi connectivity index (χ1n) is 6.16. The lowest BCUT2D eigenvalue weighted by atomic mass is 10.1. The molecule has 1 aromatic carbocycles. The number of hydrogen-bond acceptors (Lipinski definition) is 1. The summed E-state index contributed by atoms with van der Waals surface area (Å²) >= 11 is 6.18. The number of rotatable bonds is 3. The number of halogens is 1. The number of alkyl halides is 1. The number of nitrogens with one attached hydrogen (secondary N) is 1. The van der Waals surface area contributed by atoms with Crippen molar-refractivity contribution in [2.45, 2.75) is 31.6 Å². The second kappa shape index (κ2) is 5.54. The molecule has 0 bridgehead atoms. The van der Waals surface area contributed by atoms with Crippen LogP contribution in [0.15, 0.2) is 24.3 Å². The molecule has 0 aliphatic heterocycles. The number of hydrogen-bond donors (Lipinski definition) is 1. The van der Waals surface area contributed by atoms with Crippen LogP contribution in [0.4, 0.5) is 0 Å². The van der Waals surface area contributed by atoms with Crippen molar-refractivity contribution in [1.82, 2.24) is 5.32 Å². The van der Waals surface area contributed by atoms with Crippen LogP contribution in [0.1, 0.15) is 35.2 Å². The second-order valence-electron chi connectivity index (χ2n) is 4.79. The smallest absolute Gasteiger partial charge is 0.251 e. The van der Waals surface area contributed by atoms with E-state index in [1.54, 1.807) is 0 Å². The first-order valence-corrected chi connectivity index (χ1v) is 6.59. The molecule has 0 saturated heterocycles. The predicted molar refractivity (Wildman–Crippen MR) is 70.5 cm³/mol. The molecular weight excluding hydrogens is 234 g/mol. The van der Waals surface area contributed by atoms with Crippen LogP contribution in [-0.2, 0) is 0 Å². The maximum Gasteiger partial charge on any atom is 0.251 e. The molecule has 1 amide bonds. The van der Waals surface area contributed by atoms with Crippen molar-refractivity contribution in [3.05, 3.63) is 35.4 Å². The largest absolute Gasteiger partial charge is 0.352 e. The third kappa shape index (κ3) is 3.22. The summed E-state index contributed by atoms with van der Waals surface area (Å²) in [7, 11) is 0. The Bertz CT molecular complexity index is 405. The molecule has 1 aliphatic carbocycles. The van der Waals surface area contributed by atoms with E-state index < -0.39 is 0 Å². The zero-order chi connectivity index (χ0) is 12.3. The highest BCUT2D eigenvalue weighted by atomic mass is 35.5. The predicted octanol–water partition coefficient (Wildman–Crippen LogP) is 3.13. The van der Waals surface area contributed by atoms with Crippen molar-refractivity contribution in [3.8, 4) is 0 Å². The molecule has 1 N–H and O–H groups in total. The van der Waals surface area contributed by atoms with E-state index in [9.17, 15) is 4.79 Å². The van der Waals surface area contributed by atoms with E-state index in [1.165, 1.54) is 6.42 Å². The normalized spacial score (nSPS) is 23.6. The summed E-state index contributed by atoms with van der Waals surface area (Å²) in [6.45, 7) is 2.68. The van der Waals surface area contributed by atoms with E-state index in [4.69, 9.17) is 11.6 Å². The molecule has 2 rings (SSSR count). The molecule has 1 fully saturated rings. The zero-order valence-electron chi connectivity index (χ0n) is 10.1. The highest BCUT2D eigenvalue weighted by Crippen LogP contribution is 2.29. The summed E-state index contributed by atoms with van der Waals surface area (Å²) in [4.78, 5) is 11.9. The molecular formula is C14H18ClNO. The number of amides is 1. The fraction of sp³-hybridized carbons (Fsp3) is 0.500. The first kappa shape index (κ1) is 12.4. The van der Waals surface area contributed by atoms with Crippen LogP contribution in [0.5, 0.6) is 0 Å². The molecule has 2 unspecified atom stereocenters. The second-order valence-corrected chi connectivity index (χ2v) is 5.35. The Morgan fingerprint density at radius 1 is 1.47 bits per heavy atom. The van der Waals surface area contributed by atoms with Crippen LogP contribution in [0, 0.1) is 12.8 Å². The van der Waals surface area contributed by atoms with Gasteiger partial charge in [0.1, 0.15) is 0 Å². The Labute approximate surface area is 107 Å². The van der Waals surface area contributed by atoms with Gasteiger partial charge in [-0.3, -0.25) is 4.79 Å².